The van der Waals surface area contributed by atoms with Crippen LogP contribution in [0.15, 0.2) is 48.7 Å². The smallest absolute Gasteiger partial charge is 0.335 e. The molecule has 1 aliphatic carbocycles. The Morgan fingerprint density at radius 2 is 1.39 bits per heavy atom. The monoisotopic (exact) mass is 375 g/mol. The fraction of sp³-hybridized carbons (Fsp3) is 0.333. The molecule has 1 aliphatic rings. The molecule has 4 heteroatoms. The lowest BCUT2D eigenvalue weighted by atomic mass is 9.63. The Morgan fingerprint density at radius 1 is 0.857 bits per heavy atom. The van der Waals surface area contributed by atoms with Crippen LogP contribution in [-0.4, -0.2) is 21.6 Å². The second kappa shape index (κ2) is 6.06. The van der Waals surface area contributed by atoms with Gasteiger partial charge in [0.15, 0.2) is 0 Å². The molecule has 2 aromatic carbocycles. The van der Waals surface area contributed by atoms with Crippen molar-refractivity contribution in [1.82, 2.24) is 4.57 Å². The molecule has 0 saturated heterocycles. The minimum Gasteiger partial charge on any atom is -0.478 e. The van der Waals surface area contributed by atoms with E-state index in [1.165, 1.54) is 23.3 Å². The summed E-state index contributed by atoms with van der Waals surface area (Å²) in [5.74, 6) is -1.15. The van der Waals surface area contributed by atoms with E-state index in [9.17, 15) is 9.59 Å². The summed E-state index contributed by atoms with van der Waals surface area (Å²) >= 11 is 0. The van der Waals surface area contributed by atoms with E-state index in [0.29, 0.717) is 5.56 Å². The van der Waals surface area contributed by atoms with Crippen LogP contribution in [0.5, 0.6) is 0 Å². The van der Waals surface area contributed by atoms with E-state index in [-0.39, 0.29) is 22.3 Å². The van der Waals surface area contributed by atoms with Crippen molar-refractivity contribution in [2.45, 2.75) is 51.4 Å². The maximum absolute atomic E-state index is 13.1. The number of hydrogen-bond acceptors (Lipinski definition) is 2. The Labute approximate surface area is 164 Å². The zero-order valence-electron chi connectivity index (χ0n) is 16.7. The number of carbonyl (C=O) groups is 2. The Balaban J connectivity index is 1.83. The lowest BCUT2D eigenvalue weighted by molar-refractivity contribution is 0.0696. The standard InChI is InChI=1S/C24H25NO3/c1-23(2)10-11-24(3,4)19-14-20-17(13-18(19)23)9-12-25(20)21(26)15-5-7-16(8-6-15)22(27)28/h5-9,12-14H,10-11H2,1-4H3,(H,27,28). The van der Waals surface area contributed by atoms with Gasteiger partial charge in [-0.1, -0.05) is 27.7 Å². The first-order chi connectivity index (χ1) is 13.1. The van der Waals surface area contributed by atoms with Crippen molar-refractivity contribution in [3.63, 3.8) is 0 Å². The molecule has 1 aromatic heterocycles. The molecule has 0 atom stereocenters. The topological polar surface area (TPSA) is 59.3 Å². The third-order valence-corrected chi connectivity index (χ3v) is 6.26. The first kappa shape index (κ1) is 18.5. The van der Waals surface area contributed by atoms with E-state index in [0.717, 1.165) is 23.7 Å². The predicted molar refractivity (Wildman–Crippen MR) is 110 cm³/mol. The van der Waals surface area contributed by atoms with Gasteiger partial charge < -0.3 is 5.11 Å². The number of benzene rings is 2. The predicted octanol–water partition coefficient (Wildman–Crippen LogP) is 5.38. The lowest BCUT2D eigenvalue weighted by Gasteiger charge is -2.42. The summed E-state index contributed by atoms with van der Waals surface area (Å²) in [6.07, 6.45) is 4.07. The van der Waals surface area contributed by atoms with Crippen LogP contribution < -0.4 is 0 Å². The maximum Gasteiger partial charge on any atom is 0.335 e. The van der Waals surface area contributed by atoms with Gasteiger partial charge in [-0.2, -0.15) is 0 Å². The Bertz CT molecular complexity index is 1100. The van der Waals surface area contributed by atoms with Crippen LogP contribution in [0.4, 0.5) is 0 Å². The first-order valence-corrected chi connectivity index (χ1v) is 9.64. The zero-order chi connectivity index (χ0) is 20.3. The summed E-state index contributed by atoms with van der Waals surface area (Å²) in [5.41, 5.74) is 4.42. The Hall–Kier alpha value is -2.88. The fourth-order valence-corrected chi connectivity index (χ4v) is 4.27. The molecule has 0 bridgehead atoms. The molecular formula is C24H25NO3. The third-order valence-electron chi connectivity index (χ3n) is 6.26. The second-order valence-electron chi connectivity index (χ2n) is 9.10. The van der Waals surface area contributed by atoms with Crippen LogP contribution in [0.3, 0.4) is 0 Å². The van der Waals surface area contributed by atoms with Crippen LogP contribution in [0.2, 0.25) is 0 Å². The Morgan fingerprint density at radius 3 is 1.96 bits per heavy atom. The van der Waals surface area contributed by atoms with Gasteiger partial charge in [0.1, 0.15) is 0 Å². The summed E-state index contributed by atoms with van der Waals surface area (Å²) in [6.45, 7) is 9.12. The number of carboxylic acid groups (broad SMARTS) is 1. The molecule has 144 valence electrons. The third kappa shape index (κ3) is 2.84. The number of aromatic carboxylic acids is 1. The maximum atomic E-state index is 13.1. The molecule has 0 aliphatic heterocycles. The summed E-state index contributed by atoms with van der Waals surface area (Å²) in [4.78, 5) is 24.1. The molecule has 3 aromatic rings. The van der Waals surface area contributed by atoms with Gasteiger partial charge in [0.25, 0.3) is 5.91 Å². The molecular weight excluding hydrogens is 350 g/mol. The summed E-state index contributed by atoms with van der Waals surface area (Å²) in [7, 11) is 0. The highest BCUT2D eigenvalue weighted by Crippen LogP contribution is 2.47. The number of hydrogen-bond donors (Lipinski definition) is 1. The number of carboxylic acids is 1. The van der Waals surface area contributed by atoms with Crippen molar-refractivity contribution >= 4 is 22.8 Å². The zero-order valence-corrected chi connectivity index (χ0v) is 16.7. The highest BCUT2D eigenvalue weighted by Gasteiger charge is 2.37. The van der Waals surface area contributed by atoms with Gasteiger partial charge in [-0.05, 0) is 77.3 Å². The Kier molecular flexibility index (Phi) is 4.00. The van der Waals surface area contributed by atoms with E-state index >= 15 is 0 Å². The van der Waals surface area contributed by atoms with E-state index in [2.05, 4.69) is 39.8 Å². The average Bonchev–Trinajstić information content (AvgIpc) is 3.07. The number of nitrogens with zero attached hydrogens (tertiary/aromatic N) is 1. The highest BCUT2D eigenvalue weighted by atomic mass is 16.4. The molecule has 0 unspecified atom stereocenters. The van der Waals surface area contributed by atoms with Gasteiger partial charge in [0, 0.05) is 17.1 Å². The van der Waals surface area contributed by atoms with Crippen molar-refractivity contribution in [3.8, 4) is 0 Å². The summed E-state index contributed by atoms with van der Waals surface area (Å²) in [6, 6.07) is 12.5. The van der Waals surface area contributed by atoms with Gasteiger partial charge in [-0.15, -0.1) is 0 Å². The number of aromatic nitrogens is 1. The molecule has 0 spiro atoms. The van der Waals surface area contributed by atoms with Crippen LogP contribution in [-0.2, 0) is 10.8 Å². The minimum absolute atomic E-state index is 0.0698. The van der Waals surface area contributed by atoms with E-state index in [1.807, 2.05) is 12.3 Å². The SMILES string of the molecule is CC1(C)CCC(C)(C)c2cc3c(ccn3C(=O)c3ccc(C(=O)O)cc3)cc21. The van der Waals surface area contributed by atoms with Crippen molar-refractivity contribution in [1.29, 1.82) is 0 Å². The molecule has 0 radical (unpaired) electrons. The van der Waals surface area contributed by atoms with Crippen molar-refractivity contribution in [3.05, 3.63) is 70.9 Å². The molecule has 0 fully saturated rings. The molecule has 0 amide bonds. The quantitative estimate of drug-likeness (QED) is 0.654. The minimum atomic E-state index is -0.998. The number of fused-ring (bicyclic) bond motifs is 2. The van der Waals surface area contributed by atoms with Gasteiger partial charge in [0.05, 0.1) is 11.1 Å². The van der Waals surface area contributed by atoms with E-state index in [4.69, 9.17) is 5.11 Å². The molecule has 4 nitrogen and oxygen atoms in total. The highest BCUT2D eigenvalue weighted by molar-refractivity contribution is 6.03. The van der Waals surface area contributed by atoms with E-state index < -0.39 is 5.97 Å². The van der Waals surface area contributed by atoms with Gasteiger partial charge in [0.2, 0.25) is 0 Å². The van der Waals surface area contributed by atoms with Crippen molar-refractivity contribution < 1.29 is 14.7 Å². The second-order valence-corrected chi connectivity index (χ2v) is 9.10. The average molecular weight is 375 g/mol. The van der Waals surface area contributed by atoms with Gasteiger partial charge in [-0.25, -0.2) is 4.79 Å². The lowest BCUT2D eigenvalue weighted by Crippen LogP contribution is -2.33. The summed E-state index contributed by atoms with van der Waals surface area (Å²) < 4.78 is 1.67. The summed E-state index contributed by atoms with van der Waals surface area (Å²) in [5, 5.41) is 10.1. The first-order valence-electron chi connectivity index (χ1n) is 9.64. The van der Waals surface area contributed by atoms with Crippen LogP contribution in [0.1, 0.15) is 72.4 Å². The molecule has 1 heterocycles. The van der Waals surface area contributed by atoms with Crippen LogP contribution in [0, 0.1) is 0 Å². The van der Waals surface area contributed by atoms with E-state index in [1.54, 1.807) is 16.7 Å². The number of carbonyl (C=O) groups excluding carboxylic acids is 1. The normalized spacial score (nSPS) is 17.3. The molecule has 4 rings (SSSR count). The molecule has 1 N–H and O–H groups in total. The largest absolute Gasteiger partial charge is 0.478 e. The van der Waals surface area contributed by atoms with Gasteiger partial charge in [-0.3, -0.25) is 9.36 Å². The molecule has 28 heavy (non-hydrogen) atoms. The van der Waals surface area contributed by atoms with Crippen LogP contribution >= 0.6 is 0 Å². The molecule has 0 saturated carbocycles. The van der Waals surface area contributed by atoms with Crippen LogP contribution in [0.25, 0.3) is 10.9 Å². The number of rotatable bonds is 2. The van der Waals surface area contributed by atoms with Crippen molar-refractivity contribution in [2.75, 3.05) is 0 Å². The van der Waals surface area contributed by atoms with Gasteiger partial charge >= 0.3 is 5.97 Å². The fourth-order valence-electron chi connectivity index (χ4n) is 4.27. The van der Waals surface area contributed by atoms with Crippen molar-refractivity contribution in [2.24, 2.45) is 0 Å².